The SMILES string of the molecule is CCOC(=O)c1ccc(CCCBr)cc1C(F)(F)F. The number of aryl methyl sites for hydroxylation is 1. The van der Waals surface area contributed by atoms with Crippen molar-refractivity contribution >= 4 is 21.9 Å². The van der Waals surface area contributed by atoms with Gasteiger partial charge >= 0.3 is 12.1 Å². The molecule has 0 spiro atoms. The fraction of sp³-hybridized carbons (Fsp3) is 0.462. The van der Waals surface area contributed by atoms with E-state index in [9.17, 15) is 18.0 Å². The number of esters is 1. The molecule has 2 nitrogen and oxygen atoms in total. The molecule has 0 heterocycles. The van der Waals surface area contributed by atoms with Crippen LogP contribution in [0.5, 0.6) is 0 Å². The van der Waals surface area contributed by atoms with Crippen LogP contribution in [-0.2, 0) is 17.3 Å². The van der Waals surface area contributed by atoms with Gasteiger partial charge in [0.15, 0.2) is 0 Å². The van der Waals surface area contributed by atoms with E-state index in [1.54, 1.807) is 6.92 Å². The normalized spacial score (nSPS) is 11.4. The van der Waals surface area contributed by atoms with Gasteiger partial charge in [-0.15, -0.1) is 0 Å². The van der Waals surface area contributed by atoms with E-state index in [2.05, 4.69) is 20.7 Å². The highest BCUT2D eigenvalue weighted by Crippen LogP contribution is 2.33. The van der Waals surface area contributed by atoms with Gasteiger partial charge in [-0.05, 0) is 37.5 Å². The zero-order valence-corrected chi connectivity index (χ0v) is 12.0. The summed E-state index contributed by atoms with van der Waals surface area (Å²) in [5, 5.41) is 0.716. The molecular weight excluding hydrogens is 325 g/mol. The number of benzene rings is 1. The minimum atomic E-state index is -4.56. The lowest BCUT2D eigenvalue weighted by molar-refractivity contribution is -0.138. The van der Waals surface area contributed by atoms with Crippen molar-refractivity contribution in [1.82, 2.24) is 0 Å². The van der Waals surface area contributed by atoms with Gasteiger partial charge in [-0.2, -0.15) is 13.2 Å². The summed E-state index contributed by atoms with van der Waals surface area (Å²) in [6.07, 6.45) is -3.31. The second kappa shape index (κ2) is 6.93. The maximum absolute atomic E-state index is 12.9. The van der Waals surface area contributed by atoms with Gasteiger partial charge in [0.1, 0.15) is 0 Å². The molecule has 0 aliphatic heterocycles. The molecule has 6 heteroatoms. The molecule has 0 radical (unpaired) electrons. The van der Waals surface area contributed by atoms with Gasteiger partial charge in [-0.3, -0.25) is 0 Å². The van der Waals surface area contributed by atoms with Crippen LogP contribution >= 0.6 is 15.9 Å². The van der Waals surface area contributed by atoms with Crippen LogP contribution in [0.25, 0.3) is 0 Å². The van der Waals surface area contributed by atoms with Gasteiger partial charge in [-0.25, -0.2) is 4.79 Å². The number of halogens is 4. The Morgan fingerprint density at radius 3 is 2.58 bits per heavy atom. The number of hydrogen-bond acceptors (Lipinski definition) is 2. The number of ether oxygens (including phenoxy) is 1. The Morgan fingerprint density at radius 2 is 2.05 bits per heavy atom. The van der Waals surface area contributed by atoms with Crippen LogP contribution in [0.3, 0.4) is 0 Å². The predicted molar refractivity (Wildman–Crippen MR) is 69.5 cm³/mol. The molecule has 1 aromatic carbocycles. The summed E-state index contributed by atoms with van der Waals surface area (Å²) in [5.41, 5.74) is -0.810. The van der Waals surface area contributed by atoms with E-state index in [0.717, 1.165) is 12.5 Å². The highest BCUT2D eigenvalue weighted by Gasteiger charge is 2.35. The Labute approximate surface area is 118 Å². The zero-order chi connectivity index (χ0) is 14.5. The third kappa shape index (κ3) is 4.53. The minimum Gasteiger partial charge on any atom is -0.462 e. The summed E-state index contributed by atoms with van der Waals surface area (Å²) in [7, 11) is 0. The zero-order valence-electron chi connectivity index (χ0n) is 10.4. The van der Waals surface area contributed by atoms with Gasteiger partial charge in [0, 0.05) is 5.33 Å². The van der Waals surface area contributed by atoms with Crippen LogP contribution < -0.4 is 0 Å². The maximum atomic E-state index is 12.9. The van der Waals surface area contributed by atoms with Crippen LogP contribution in [0.1, 0.15) is 34.8 Å². The monoisotopic (exact) mass is 338 g/mol. The summed E-state index contributed by atoms with van der Waals surface area (Å²) >= 11 is 3.23. The molecule has 0 fully saturated rings. The van der Waals surface area contributed by atoms with Crippen LogP contribution in [0, 0.1) is 0 Å². The number of carbonyl (C=O) groups is 1. The minimum absolute atomic E-state index is 0.0431. The third-order valence-electron chi connectivity index (χ3n) is 2.48. The summed E-state index contributed by atoms with van der Waals surface area (Å²) in [6.45, 7) is 1.59. The molecular formula is C13H14BrF3O2. The Morgan fingerprint density at radius 1 is 1.37 bits per heavy atom. The van der Waals surface area contributed by atoms with Crippen molar-refractivity contribution < 1.29 is 22.7 Å². The smallest absolute Gasteiger partial charge is 0.417 e. The Kier molecular flexibility index (Phi) is 5.85. The average molecular weight is 339 g/mol. The van der Waals surface area contributed by atoms with Crippen LogP contribution in [0.2, 0.25) is 0 Å². The van der Waals surface area contributed by atoms with Crippen LogP contribution in [0.15, 0.2) is 18.2 Å². The molecule has 0 saturated carbocycles. The van der Waals surface area contributed by atoms with Crippen LogP contribution in [-0.4, -0.2) is 17.9 Å². The molecule has 0 atom stereocenters. The lowest BCUT2D eigenvalue weighted by Crippen LogP contribution is -2.15. The van der Waals surface area contributed by atoms with Gasteiger partial charge in [0.05, 0.1) is 17.7 Å². The van der Waals surface area contributed by atoms with Gasteiger partial charge in [0.2, 0.25) is 0 Å². The largest absolute Gasteiger partial charge is 0.462 e. The average Bonchev–Trinajstić information content (AvgIpc) is 2.35. The molecule has 106 valence electrons. The number of hydrogen-bond donors (Lipinski definition) is 0. The summed E-state index contributed by atoms with van der Waals surface area (Å²) in [5.74, 6) is -0.943. The topological polar surface area (TPSA) is 26.3 Å². The molecule has 0 aromatic heterocycles. The number of alkyl halides is 4. The van der Waals surface area contributed by atoms with Crippen molar-refractivity contribution in [2.45, 2.75) is 25.9 Å². The molecule has 0 N–H and O–H groups in total. The van der Waals surface area contributed by atoms with E-state index in [4.69, 9.17) is 0 Å². The summed E-state index contributed by atoms with van der Waals surface area (Å²) < 4.78 is 43.4. The molecule has 0 saturated heterocycles. The molecule has 0 aliphatic rings. The van der Waals surface area contributed by atoms with Crippen molar-refractivity contribution in [3.05, 3.63) is 34.9 Å². The van der Waals surface area contributed by atoms with E-state index < -0.39 is 23.3 Å². The molecule has 0 bridgehead atoms. The van der Waals surface area contributed by atoms with E-state index in [-0.39, 0.29) is 6.61 Å². The molecule has 0 aliphatic carbocycles. The Hall–Kier alpha value is -1.04. The quantitative estimate of drug-likeness (QED) is 0.593. The summed E-state index contributed by atoms with van der Waals surface area (Å²) in [6, 6.07) is 3.74. The lowest BCUT2D eigenvalue weighted by atomic mass is 10.0. The molecule has 0 amide bonds. The third-order valence-corrected chi connectivity index (χ3v) is 3.04. The Bertz CT molecular complexity index is 444. The van der Waals surface area contributed by atoms with E-state index in [1.807, 2.05) is 0 Å². The van der Waals surface area contributed by atoms with E-state index >= 15 is 0 Å². The van der Waals surface area contributed by atoms with Gasteiger partial charge in [-0.1, -0.05) is 22.0 Å². The van der Waals surface area contributed by atoms with E-state index in [1.165, 1.54) is 12.1 Å². The lowest BCUT2D eigenvalue weighted by Gasteiger charge is -2.13. The molecule has 1 aromatic rings. The highest BCUT2D eigenvalue weighted by molar-refractivity contribution is 9.09. The first kappa shape index (κ1) is 16.0. The first-order valence-corrected chi connectivity index (χ1v) is 6.95. The predicted octanol–water partition coefficient (Wildman–Crippen LogP) is 4.21. The van der Waals surface area contributed by atoms with Crippen molar-refractivity contribution in [2.75, 3.05) is 11.9 Å². The van der Waals surface area contributed by atoms with Crippen molar-refractivity contribution in [3.63, 3.8) is 0 Å². The van der Waals surface area contributed by atoms with Gasteiger partial charge < -0.3 is 4.74 Å². The molecule has 1 rings (SSSR count). The fourth-order valence-corrected chi connectivity index (χ4v) is 1.92. The number of carbonyl (C=O) groups excluding carboxylic acids is 1. The van der Waals surface area contributed by atoms with Crippen LogP contribution in [0.4, 0.5) is 13.2 Å². The van der Waals surface area contributed by atoms with Crippen molar-refractivity contribution in [3.8, 4) is 0 Å². The first-order chi connectivity index (χ1) is 8.90. The molecule has 0 unspecified atom stereocenters. The fourth-order valence-electron chi connectivity index (χ4n) is 1.64. The standard InChI is InChI=1S/C13H14BrF3O2/c1-2-19-12(18)10-6-5-9(4-3-7-14)8-11(10)13(15,16)17/h5-6,8H,2-4,7H2,1H3. The maximum Gasteiger partial charge on any atom is 0.417 e. The number of rotatable bonds is 5. The van der Waals surface area contributed by atoms with E-state index in [0.29, 0.717) is 17.3 Å². The first-order valence-electron chi connectivity index (χ1n) is 5.83. The second-order valence-corrected chi connectivity index (χ2v) is 4.68. The molecule has 19 heavy (non-hydrogen) atoms. The van der Waals surface area contributed by atoms with Crippen molar-refractivity contribution in [2.24, 2.45) is 0 Å². The highest BCUT2D eigenvalue weighted by atomic mass is 79.9. The second-order valence-electron chi connectivity index (χ2n) is 3.89. The summed E-state index contributed by atoms with van der Waals surface area (Å²) in [4.78, 5) is 11.5. The Balaban J connectivity index is 3.13. The van der Waals surface area contributed by atoms with Gasteiger partial charge in [0.25, 0.3) is 0 Å². The van der Waals surface area contributed by atoms with Crippen molar-refractivity contribution in [1.29, 1.82) is 0 Å².